The van der Waals surface area contributed by atoms with Crippen LogP contribution in [0.15, 0.2) is 42.5 Å². The summed E-state index contributed by atoms with van der Waals surface area (Å²) < 4.78 is 15.8. The quantitative estimate of drug-likeness (QED) is 0.585. The third-order valence-corrected chi connectivity index (χ3v) is 7.81. The Morgan fingerprint density at radius 1 is 1.15 bits per heavy atom. The van der Waals surface area contributed by atoms with Crippen molar-refractivity contribution in [2.24, 2.45) is 0 Å². The summed E-state index contributed by atoms with van der Waals surface area (Å²) in [7, 11) is -2.35. The largest absolute Gasteiger partial charge is 0.306 e. The van der Waals surface area contributed by atoms with E-state index in [2.05, 4.69) is 68.8 Å². The topological polar surface area (TPSA) is 20.3 Å². The molecule has 0 amide bonds. The van der Waals surface area contributed by atoms with E-state index in [1.165, 1.54) is 5.56 Å². The lowest BCUT2D eigenvalue weighted by atomic mass is 10.1. The molecule has 1 aromatic rings. The van der Waals surface area contributed by atoms with Gasteiger partial charge >= 0.3 is 0 Å². The van der Waals surface area contributed by atoms with Gasteiger partial charge in [0.2, 0.25) is 0 Å². The summed E-state index contributed by atoms with van der Waals surface area (Å²) in [6, 6.07) is 11.0. The summed E-state index contributed by atoms with van der Waals surface area (Å²) >= 11 is 0. The fourth-order valence-corrected chi connectivity index (χ4v) is 7.02. The summed E-state index contributed by atoms with van der Waals surface area (Å²) in [6.07, 6.45) is 5.89. The number of allylic oxidation sites excluding steroid dienone is 2. The normalized spacial score (nSPS) is 26.1. The van der Waals surface area contributed by atoms with E-state index in [1.807, 2.05) is 6.07 Å². The Labute approximate surface area is 123 Å². The molecule has 0 bridgehead atoms. The molecule has 0 radical (unpaired) electrons. The van der Waals surface area contributed by atoms with Crippen molar-refractivity contribution in [1.29, 1.82) is 0 Å². The highest BCUT2D eigenvalue weighted by atomic mass is 31.2. The molecule has 0 aliphatic carbocycles. The first kappa shape index (κ1) is 15.5. The molecular formula is C17H26NOP. The number of rotatable bonds is 5. The van der Waals surface area contributed by atoms with Crippen LogP contribution < -0.4 is 0 Å². The van der Waals surface area contributed by atoms with Gasteiger partial charge in [-0.05, 0) is 39.7 Å². The van der Waals surface area contributed by atoms with Gasteiger partial charge in [-0.1, -0.05) is 42.5 Å². The molecule has 2 atom stereocenters. The van der Waals surface area contributed by atoms with Crippen LogP contribution in [0.3, 0.4) is 0 Å². The third kappa shape index (κ3) is 3.07. The fourth-order valence-electron chi connectivity index (χ4n) is 3.35. The molecule has 1 aliphatic heterocycles. The smallest absolute Gasteiger partial charge is 0.161 e. The molecule has 0 fully saturated rings. The Balaban J connectivity index is 2.24. The van der Waals surface area contributed by atoms with Gasteiger partial charge in [-0.25, -0.2) is 4.67 Å². The highest BCUT2D eigenvalue weighted by Gasteiger charge is 2.41. The van der Waals surface area contributed by atoms with Crippen LogP contribution in [0.4, 0.5) is 0 Å². The van der Waals surface area contributed by atoms with Gasteiger partial charge in [0.25, 0.3) is 0 Å². The highest BCUT2D eigenvalue weighted by molar-refractivity contribution is 7.63. The maximum atomic E-state index is 13.6. The van der Waals surface area contributed by atoms with E-state index in [-0.39, 0.29) is 5.66 Å². The van der Waals surface area contributed by atoms with Crippen molar-refractivity contribution < 1.29 is 4.57 Å². The SMILES string of the molecule is CC(C)N(C(C)C)P1(=O)CC=CC1Cc1ccccc1. The van der Waals surface area contributed by atoms with Crippen LogP contribution in [0, 0.1) is 0 Å². The Bertz CT molecular complexity index is 499. The molecule has 1 heterocycles. The molecule has 0 saturated heterocycles. The summed E-state index contributed by atoms with van der Waals surface area (Å²) in [5.41, 5.74) is 1.44. The van der Waals surface area contributed by atoms with Crippen LogP contribution in [0.25, 0.3) is 0 Å². The third-order valence-electron chi connectivity index (χ3n) is 3.98. The van der Waals surface area contributed by atoms with E-state index < -0.39 is 7.29 Å². The second kappa shape index (κ2) is 6.28. The van der Waals surface area contributed by atoms with Crippen LogP contribution in [0.2, 0.25) is 0 Å². The lowest BCUT2D eigenvalue weighted by Crippen LogP contribution is -2.37. The highest BCUT2D eigenvalue weighted by Crippen LogP contribution is 2.60. The van der Waals surface area contributed by atoms with Gasteiger partial charge in [-0.2, -0.15) is 0 Å². The number of hydrogen-bond donors (Lipinski definition) is 0. The lowest BCUT2D eigenvalue weighted by molar-refractivity contribution is 0.298. The minimum absolute atomic E-state index is 0.162. The predicted octanol–water partition coefficient (Wildman–Crippen LogP) is 4.56. The first-order chi connectivity index (χ1) is 9.45. The first-order valence-corrected chi connectivity index (χ1v) is 9.44. The van der Waals surface area contributed by atoms with E-state index >= 15 is 0 Å². The summed E-state index contributed by atoms with van der Waals surface area (Å²) in [6.45, 7) is 8.60. The van der Waals surface area contributed by atoms with Gasteiger partial charge < -0.3 is 4.57 Å². The second-order valence-electron chi connectivity index (χ2n) is 6.19. The maximum absolute atomic E-state index is 13.6. The van der Waals surface area contributed by atoms with Gasteiger partial charge in [-0.15, -0.1) is 0 Å². The molecule has 1 aromatic carbocycles. The van der Waals surface area contributed by atoms with Crippen molar-refractivity contribution in [1.82, 2.24) is 4.67 Å². The van der Waals surface area contributed by atoms with E-state index in [4.69, 9.17) is 0 Å². The Kier molecular flexibility index (Phi) is 4.88. The Hall–Kier alpha value is -0.850. The zero-order valence-corrected chi connectivity index (χ0v) is 13.9. The van der Waals surface area contributed by atoms with Crippen LogP contribution in [0.1, 0.15) is 33.3 Å². The van der Waals surface area contributed by atoms with Crippen molar-refractivity contribution in [3.63, 3.8) is 0 Å². The van der Waals surface area contributed by atoms with E-state index in [0.29, 0.717) is 12.1 Å². The lowest BCUT2D eigenvalue weighted by Gasteiger charge is -2.39. The van der Waals surface area contributed by atoms with Crippen LogP contribution in [-0.4, -0.2) is 28.6 Å². The van der Waals surface area contributed by atoms with Crippen molar-refractivity contribution in [3.05, 3.63) is 48.0 Å². The van der Waals surface area contributed by atoms with E-state index in [1.54, 1.807) is 0 Å². The number of benzene rings is 1. The van der Waals surface area contributed by atoms with Crippen molar-refractivity contribution >= 4 is 7.29 Å². The molecule has 0 spiro atoms. The average molecular weight is 291 g/mol. The molecule has 2 rings (SSSR count). The van der Waals surface area contributed by atoms with Crippen molar-refractivity contribution in [2.45, 2.75) is 51.9 Å². The minimum atomic E-state index is -2.35. The molecule has 0 N–H and O–H groups in total. The fraction of sp³-hybridized carbons (Fsp3) is 0.529. The van der Waals surface area contributed by atoms with E-state index in [0.717, 1.165) is 12.6 Å². The summed E-state index contributed by atoms with van der Waals surface area (Å²) in [4.78, 5) is 0. The zero-order valence-electron chi connectivity index (χ0n) is 13.0. The predicted molar refractivity (Wildman–Crippen MR) is 87.7 cm³/mol. The molecular weight excluding hydrogens is 265 g/mol. The molecule has 1 aliphatic rings. The van der Waals surface area contributed by atoms with Gasteiger partial charge in [-0.3, -0.25) is 0 Å². The number of hydrogen-bond acceptors (Lipinski definition) is 1. The molecule has 2 unspecified atom stereocenters. The first-order valence-electron chi connectivity index (χ1n) is 7.53. The van der Waals surface area contributed by atoms with Crippen LogP contribution >= 0.6 is 7.29 Å². The molecule has 0 aromatic heterocycles. The van der Waals surface area contributed by atoms with Crippen LogP contribution in [-0.2, 0) is 11.0 Å². The Morgan fingerprint density at radius 3 is 2.30 bits per heavy atom. The van der Waals surface area contributed by atoms with Gasteiger partial charge in [0.15, 0.2) is 7.29 Å². The average Bonchev–Trinajstić information content (AvgIpc) is 2.71. The van der Waals surface area contributed by atoms with E-state index in [9.17, 15) is 4.57 Å². The molecule has 20 heavy (non-hydrogen) atoms. The molecule has 110 valence electrons. The maximum Gasteiger partial charge on any atom is 0.161 e. The van der Waals surface area contributed by atoms with Crippen molar-refractivity contribution in [2.75, 3.05) is 6.16 Å². The number of nitrogens with zero attached hydrogens (tertiary/aromatic N) is 1. The Morgan fingerprint density at radius 2 is 1.75 bits per heavy atom. The second-order valence-corrected chi connectivity index (χ2v) is 9.19. The summed E-state index contributed by atoms with van der Waals surface area (Å²) in [5, 5.41) is 0. The zero-order chi connectivity index (χ0) is 14.8. The van der Waals surface area contributed by atoms with Gasteiger partial charge in [0.05, 0.1) is 0 Å². The van der Waals surface area contributed by atoms with Gasteiger partial charge in [0.1, 0.15) is 0 Å². The van der Waals surface area contributed by atoms with Crippen molar-refractivity contribution in [3.8, 4) is 0 Å². The molecule has 0 saturated carbocycles. The molecule has 2 nitrogen and oxygen atoms in total. The summed E-state index contributed by atoms with van der Waals surface area (Å²) in [5.74, 6) is 0. The van der Waals surface area contributed by atoms with Gasteiger partial charge in [0, 0.05) is 23.9 Å². The minimum Gasteiger partial charge on any atom is -0.306 e. The monoisotopic (exact) mass is 291 g/mol. The molecule has 3 heteroatoms. The standard InChI is InChI=1S/C17H26NOP/c1-14(2)18(15(3)4)20(19)12-8-11-17(20)13-16-9-6-5-7-10-16/h5-11,14-15,17H,12-13H2,1-4H3. The van der Waals surface area contributed by atoms with Crippen LogP contribution in [0.5, 0.6) is 0 Å².